The Morgan fingerprint density at radius 3 is 2.36 bits per heavy atom. The first-order valence-corrected chi connectivity index (χ1v) is 11.2. The third-order valence-electron chi connectivity index (χ3n) is 5.72. The third kappa shape index (κ3) is 5.43. The molecule has 0 saturated carbocycles. The number of ether oxygens (including phenoxy) is 2. The number of hydrogen-bond acceptors (Lipinski definition) is 4. The van der Waals surface area contributed by atoms with Crippen molar-refractivity contribution in [2.24, 2.45) is 0 Å². The van der Waals surface area contributed by atoms with E-state index in [0.717, 1.165) is 23.3 Å². The zero-order valence-corrected chi connectivity index (χ0v) is 19.6. The molecule has 1 N–H and O–H groups in total. The molecule has 1 saturated heterocycles. The summed E-state index contributed by atoms with van der Waals surface area (Å²) < 4.78 is 11.5. The van der Waals surface area contributed by atoms with Crippen LogP contribution in [0.5, 0.6) is 17.4 Å². The Labute approximate surface area is 195 Å². The lowest BCUT2D eigenvalue weighted by molar-refractivity contribution is -0.119. The van der Waals surface area contributed by atoms with Crippen LogP contribution < -0.4 is 14.8 Å². The van der Waals surface area contributed by atoms with Crippen LogP contribution in [0.1, 0.15) is 50.4 Å². The normalized spacial score (nSPS) is 16.4. The second kappa shape index (κ2) is 9.49. The first kappa shape index (κ1) is 22.6. The van der Waals surface area contributed by atoms with Crippen molar-refractivity contribution in [2.45, 2.75) is 45.1 Å². The molecule has 5 heteroatoms. The van der Waals surface area contributed by atoms with E-state index in [1.54, 1.807) is 7.11 Å². The molecule has 4 rings (SSSR count). The lowest BCUT2D eigenvalue weighted by Crippen LogP contribution is -2.23. The monoisotopic (exact) mass is 442 g/mol. The van der Waals surface area contributed by atoms with Crippen molar-refractivity contribution in [2.75, 3.05) is 7.11 Å². The molecule has 3 aromatic rings. The number of amides is 1. The molecule has 0 spiro atoms. The van der Waals surface area contributed by atoms with E-state index in [1.807, 2.05) is 42.5 Å². The fraction of sp³-hybridized carbons (Fsp3) is 0.286. The molecule has 0 aliphatic carbocycles. The second-order valence-electron chi connectivity index (χ2n) is 9.24. The molecule has 0 radical (unpaired) electrons. The fourth-order valence-corrected chi connectivity index (χ4v) is 3.86. The molecule has 1 aliphatic rings. The van der Waals surface area contributed by atoms with Crippen molar-refractivity contribution in [3.8, 4) is 17.4 Å². The van der Waals surface area contributed by atoms with E-state index in [1.165, 1.54) is 5.56 Å². The van der Waals surface area contributed by atoms with Crippen LogP contribution in [0.25, 0.3) is 5.57 Å². The van der Waals surface area contributed by atoms with Gasteiger partial charge in [-0.15, -0.1) is 0 Å². The average molecular weight is 443 g/mol. The molecule has 0 bridgehead atoms. The van der Waals surface area contributed by atoms with Crippen LogP contribution >= 0.6 is 0 Å². The Morgan fingerprint density at radius 2 is 1.76 bits per heavy atom. The number of benzene rings is 2. The first-order valence-electron chi connectivity index (χ1n) is 11.2. The molecule has 2 aromatic carbocycles. The topological polar surface area (TPSA) is 60.5 Å². The number of carbonyl (C=O) groups is 1. The van der Waals surface area contributed by atoms with Gasteiger partial charge >= 0.3 is 0 Å². The van der Waals surface area contributed by atoms with Crippen LogP contribution in [0.15, 0.2) is 72.8 Å². The number of nitrogens with one attached hydrogen (secondary N) is 1. The summed E-state index contributed by atoms with van der Waals surface area (Å²) in [4.78, 5) is 16.6. The van der Waals surface area contributed by atoms with Crippen molar-refractivity contribution in [3.05, 3.63) is 89.6 Å². The van der Waals surface area contributed by atoms with E-state index < -0.39 is 0 Å². The lowest BCUT2D eigenvalue weighted by Gasteiger charge is -2.20. The number of aromatic nitrogens is 1. The lowest BCUT2D eigenvalue weighted by atomic mass is 9.86. The van der Waals surface area contributed by atoms with Gasteiger partial charge in [-0.05, 0) is 47.2 Å². The number of methoxy groups -OCH3 is 1. The minimum Gasteiger partial charge on any atom is -0.478 e. The van der Waals surface area contributed by atoms with Crippen molar-refractivity contribution < 1.29 is 14.3 Å². The predicted molar refractivity (Wildman–Crippen MR) is 131 cm³/mol. The number of rotatable bonds is 6. The summed E-state index contributed by atoms with van der Waals surface area (Å²) in [6.45, 7) is 6.60. The van der Waals surface area contributed by atoms with Crippen LogP contribution in [-0.2, 0) is 10.2 Å². The second-order valence-corrected chi connectivity index (χ2v) is 9.24. The molecule has 170 valence electrons. The molecule has 1 atom stereocenters. The van der Waals surface area contributed by atoms with Crippen molar-refractivity contribution in [1.82, 2.24) is 10.3 Å². The summed E-state index contributed by atoms with van der Waals surface area (Å²) in [6.07, 6.45) is 3.41. The van der Waals surface area contributed by atoms with Gasteiger partial charge in [0, 0.05) is 18.0 Å². The number of carbonyl (C=O) groups excluding carboxylic acids is 1. The minimum atomic E-state index is -0.0252. The van der Waals surface area contributed by atoms with E-state index in [2.05, 4.69) is 56.4 Å². The maximum Gasteiger partial charge on any atom is 0.257 e. The Hall–Kier alpha value is -3.60. The highest BCUT2D eigenvalue weighted by Gasteiger charge is 2.22. The molecule has 2 heterocycles. The summed E-state index contributed by atoms with van der Waals surface area (Å²) in [7, 11) is 1.59. The zero-order valence-electron chi connectivity index (χ0n) is 19.6. The molecule has 0 unspecified atom stereocenters. The largest absolute Gasteiger partial charge is 0.478 e. The summed E-state index contributed by atoms with van der Waals surface area (Å²) in [5.74, 6) is 1.75. The van der Waals surface area contributed by atoms with Gasteiger partial charge in [-0.25, -0.2) is 4.98 Å². The molecule has 1 aliphatic heterocycles. The minimum absolute atomic E-state index is 0.0252. The summed E-state index contributed by atoms with van der Waals surface area (Å²) in [6, 6.07) is 21.9. The van der Waals surface area contributed by atoms with E-state index in [9.17, 15) is 4.79 Å². The highest BCUT2D eigenvalue weighted by molar-refractivity contribution is 5.82. The van der Waals surface area contributed by atoms with Gasteiger partial charge in [0.15, 0.2) is 5.75 Å². The van der Waals surface area contributed by atoms with Crippen LogP contribution in [0.4, 0.5) is 0 Å². The molecular formula is C28H30N2O3. The highest BCUT2D eigenvalue weighted by Crippen LogP contribution is 2.34. The van der Waals surface area contributed by atoms with E-state index in [0.29, 0.717) is 23.8 Å². The van der Waals surface area contributed by atoms with Gasteiger partial charge in [0.1, 0.15) is 5.75 Å². The van der Waals surface area contributed by atoms with Gasteiger partial charge in [-0.2, -0.15) is 0 Å². The van der Waals surface area contributed by atoms with Gasteiger partial charge in [0.25, 0.3) is 5.88 Å². The molecule has 1 fully saturated rings. The van der Waals surface area contributed by atoms with Crippen molar-refractivity contribution in [3.63, 3.8) is 0 Å². The SMILES string of the molecule is COc1nc(/C(=C/[C@H]2CCC(=O)N2)c2ccc(C(C)(C)C)cc2)ccc1Oc1ccccc1. The molecule has 33 heavy (non-hydrogen) atoms. The van der Waals surface area contributed by atoms with Gasteiger partial charge in [-0.1, -0.05) is 69.3 Å². The Kier molecular flexibility index (Phi) is 6.50. The van der Waals surface area contributed by atoms with Gasteiger partial charge < -0.3 is 14.8 Å². The quantitative estimate of drug-likeness (QED) is 0.517. The standard InChI is InChI=1S/C28H30N2O3/c1-28(2,3)20-12-10-19(11-13-20)23(18-21-14-17-26(31)29-21)24-15-16-25(27(30-24)32-4)33-22-8-6-5-7-9-22/h5-13,15-16,18,21H,14,17H2,1-4H3,(H,29,31)/b23-18+/t21-/m1/s1. The van der Waals surface area contributed by atoms with E-state index in [4.69, 9.17) is 14.5 Å². The Balaban J connectivity index is 1.72. The number of pyridine rings is 1. The predicted octanol–water partition coefficient (Wildman–Crippen LogP) is 5.89. The number of nitrogens with zero attached hydrogens (tertiary/aromatic N) is 1. The molecule has 5 nitrogen and oxygen atoms in total. The van der Waals surface area contributed by atoms with Crippen LogP contribution in [0.2, 0.25) is 0 Å². The van der Waals surface area contributed by atoms with Gasteiger partial charge in [0.05, 0.1) is 12.8 Å². The summed E-state index contributed by atoms with van der Waals surface area (Å²) in [5, 5.41) is 3.03. The molecule has 1 aromatic heterocycles. The molecule has 1 amide bonds. The average Bonchev–Trinajstić information content (AvgIpc) is 3.23. The Bertz CT molecular complexity index is 1150. The van der Waals surface area contributed by atoms with E-state index >= 15 is 0 Å². The van der Waals surface area contributed by atoms with Gasteiger partial charge in [0.2, 0.25) is 5.91 Å². The maximum atomic E-state index is 11.8. The van der Waals surface area contributed by atoms with Crippen LogP contribution in [0, 0.1) is 0 Å². The maximum absolute atomic E-state index is 11.8. The Morgan fingerprint density at radius 1 is 1.03 bits per heavy atom. The summed E-state index contributed by atoms with van der Waals surface area (Å²) >= 11 is 0. The number of hydrogen-bond donors (Lipinski definition) is 1. The highest BCUT2D eigenvalue weighted by atomic mass is 16.5. The fourth-order valence-electron chi connectivity index (χ4n) is 3.86. The van der Waals surface area contributed by atoms with Crippen LogP contribution in [0.3, 0.4) is 0 Å². The summed E-state index contributed by atoms with van der Waals surface area (Å²) in [5.41, 5.74) is 4.08. The van der Waals surface area contributed by atoms with E-state index in [-0.39, 0.29) is 17.4 Å². The van der Waals surface area contributed by atoms with Crippen molar-refractivity contribution >= 4 is 11.5 Å². The van der Waals surface area contributed by atoms with Gasteiger partial charge in [-0.3, -0.25) is 4.79 Å². The molecular weight excluding hydrogens is 412 g/mol. The van der Waals surface area contributed by atoms with Crippen LogP contribution in [-0.4, -0.2) is 24.0 Å². The smallest absolute Gasteiger partial charge is 0.257 e. The third-order valence-corrected chi connectivity index (χ3v) is 5.72. The zero-order chi connectivity index (χ0) is 23.4. The van der Waals surface area contributed by atoms with Crippen molar-refractivity contribution in [1.29, 1.82) is 0 Å². The number of para-hydroxylation sites is 1. The first-order chi connectivity index (χ1) is 15.8.